The van der Waals surface area contributed by atoms with Crippen molar-refractivity contribution in [2.24, 2.45) is 5.92 Å². The van der Waals surface area contributed by atoms with Crippen molar-refractivity contribution in [2.75, 3.05) is 52.4 Å². The molecule has 1 atom stereocenters. The lowest BCUT2D eigenvalue weighted by Gasteiger charge is -2.43. The molecule has 3 aliphatic heterocycles. The highest BCUT2D eigenvalue weighted by molar-refractivity contribution is 4.84. The van der Waals surface area contributed by atoms with Crippen LogP contribution in [0.25, 0.3) is 0 Å². The van der Waals surface area contributed by atoms with Gasteiger partial charge in [-0.3, -0.25) is 4.90 Å². The topological polar surface area (TPSA) is 9.72 Å². The minimum atomic E-state index is 0.856. The first-order valence-corrected chi connectivity index (χ1v) is 9.54. The zero-order valence-electron chi connectivity index (χ0n) is 14.1. The van der Waals surface area contributed by atoms with Gasteiger partial charge in [0.15, 0.2) is 0 Å². The Morgan fingerprint density at radius 1 is 0.762 bits per heavy atom. The Bertz CT molecular complexity index is 293. The molecule has 0 aromatic rings. The first kappa shape index (κ1) is 15.8. The molecule has 1 unspecified atom stereocenters. The van der Waals surface area contributed by atoms with Crippen LogP contribution in [0.15, 0.2) is 0 Å². The smallest absolute Gasteiger partial charge is 0.0223 e. The summed E-state index contributed by atoms with van der Waals surface area (Å²) >= 11 is 0. The van der Waals surface area contributed by atoms with E-state index in [9.17, 15) is 0 Å². The molecule has 3 saturated heterocycles. The summed E-state index contributed by atoms with van der Waals surface area (Å²) < 4.78 is 0. The molecule has 0 saturated carbocycles. The van der Waals surface area contributed by atoms with Crippen molar-refractivity contribution in [1.29, 1.82) is 0 Å². The Labute approximate surface area is 131 Å². The van der Waals surface area contributed by atoms with Gasteiger partial charge >= 0.3 is 0 Å². The summed E-state index contributed by atoms with van der Waals surface area (Å²) in [7, 11) is 0. The SMILES string of the molecule is CCN1CCCC(N2CCC(CN3CCCCC3)CC2)C1. The van der Waals surface area contributed by atoms with Crippen molar-refractivity contribution in [3.63, 3.8) is 0 Å². The quantitative estimate of drug-likeness (QED) is 0.789. The second kappa shape index (κ2) is 7.94. The van der Waals surface area contributed by atoms with Crippen molar-refractivity contribution in [3.05, 3.63) is 0 Å². The number of piperidine rings is 3. The first-order chi connectivity index (χ1) is 10.3. The molecule has 0 aliphatic carbocycles. The van der Waals surface area contributed by atoms with Gasteiger partial charge in [-0.1, -0.05) is 13.3 Å². The van der Waals surface area contributed by atoms with Gasteiger partial charge in [0, 0.05) is 19.1 Å². The van der Waals surface area contributed by atoms with Gasteiger partial charge in [0.2, 0.25) is 0 Å². The molecule has 21 heavy (non-hydrogen) atoms. The molecule has 3 nitrogen and oxygen atoms in total. The lowest BCUT2D eigenvalue weighted by Crippen LogP contribution is -2.51. The molecule has 3 rings (SSSR count). The highest BCUT2D eigenvalue weighted by atomic mass is 15.2. The normalized spacial score (nSPS) is 31.6. The molecule has 0 radical (unpaired) electrons. The van der Waals surface area contributed by atoms with Gasteiger partial charge in [0.1, 0.15) is 0 Å². The van der Waals surface area contributed by atoms with Gasteiger partial charge in [-0.15, -0.1) is 0 Å². The number of hydrogen-bond acceptors (Lipinski definition) is 3. The zero-order valence-corrected chi connectivity index (χ0v) is 14.1. The zero-order chi connectivity index (χ0) is 14.5. The Morgan fingerprint density at radius 2 is 1.48 bits per heavy atom. The van der Waals surface area contributed by atoms with E-state index in [0.717, 1.165) is 12.0 Å². The van der Waals surface area contributed by atoms with Crippen LogP contribution in [0.3, 0.4) is 0 Å². The number of likely N-dealkylation sites (tertiary alicyclic amines) is 3. The van der Waals surface area contributed by atoms with E-state index in [1.807, 2.05) is 0 Å². The highest BCUT2D eigenvalue weighted by Gasteiger charge is 2.29. The molecule has 0 aromatic carbocycles. The van der Waals surface area contributed by atoms with Crippen LogP contribution in [-0.2, 0) is 0 Å². The Balaban J connectivity index is 1.40. The van der Waals surface area contributed by atoms with E-state index in [2.05, 4.69) is 21.6 Å². The summed E-state index contributed by atoms with van der Waals surface area (Å²) in [5.74, 6) is 0.977. The summed E-state index contributed by atoms with van der Waals surface area (Å²) in [5, 5.41) is 0. The van der Waals surface area contributed by atoms with Crippen LogP contribution in [0.4, 0.5) is 0 Å². The van der Waals surface area contributed by atoms with Crippen molar-refractivity contribution in [3.8, 4) is 0 Å². The van der Waals surface area contributed by atoms with Gasteiger partial charge in [0.25, 0.3) is 0 Å². The molecule has 0 aromatic heterocycles. The van der Waals surface area contributed by atoms with Gasteiger partial charge in [-0.25, -0.2) is 0 Å². The molecule has 3 aliphatic rings. The Kier molecular flexibility index (Phi) is 5.96. The Hall–Kier alpha value is -0.120. The monoisotopic (exact) mass is 293 g/mol. The fraction of sp³-hybridized carbons (Fsp3) is 1.00. The van der Waals surface area contributed by atoms with E-state index >= 15 is 0 Å². The fourth-order valence-electron chi connectivity index (χ4n) is 4.62. The number of nitrogens with zero attached hydrogens (tertiary/aromatic N) is 3. The van der Waals surface area contributed by atoms with E-state index < -0.39 is 0 Å². The number of rotatable bonds is 4. The standard InChI is InChI=1S/C18H35N3/c1-2-19-12-6-7-18(16-19)21-13-8-17(9-14-21)15-20-10-4-3-5-11-20/h17-18H,2-16H2,1H3. The largest absolute Gasteiger partial charge is 0.303 e. The molecule has 0 spiro atoms. The van der Waals surface area contributed by atoms with Crippen LogP contribution in [0.1, 0.15) is 51.9 Å². The van der Waals surface area contributed by atoms with E-state index in [0.29, 0.717) is 0 Å². The summed E-state index contributed by atoms with van der Waals surface area (Å²) in [6, 6.07) is 0.856. The van der Waals surface area contributed by atoms with Gasteiger partial charge < -0.3 is 9.80 Å². The van der Waals surface area contributed by atoms with E-state index in [-0.39, 0.29) is 0 Å². The van der Waals surface area contributed by atoms with Crippen LogP contribution in [0.5, 0.6) is 0 Å². The predicted molar refractivity (Wildman–Crippen MR) is 89.7 cm³/mol. The molecular weight excluding hydrogens is 258 g/mol. The summed E-state index contributed by atoms with van der Waals surface area (Å²) in [5.41, 5.74) is 0. The molecule has 0 N–H and O–H groups in total. The minimum absolute atomic E-state index is 0.856. The van der Waals surface area contributed by atoms with Gasteiger partial charge in [-0.05, 0) is 83.7 Å². The lowest BCUT2D eigenvalue weighted by molar-refractivity contribution is 0.0610. The fourth-order valence-corrected chi connectivity index (χ4v) is 4.62. The van der Waals surface area contributed by atoms with Crippen LogP contribution in [0, 0.1) is 5.92 Å². The van der Waals surface area contributed by atoms with E-state index in [1.165, 1.54) is 97.3 Å². The third-order valence-electron chi connectivity index (χ3n) is 6.06. The maximum Gasteiger partial charge on any atom is 0.0223 e. The van der Waals surface area contributed by atoms with Gasteiger partial charge in [0.05, 0.1) is 0 Å². The Morgan fingerprint density at radius 3 is 2.19 bits per heavy atom. The second-order valence-corrected chi connectivity index (χ2v) is 7.53. The number of likely N-dealkylation sites (N-methyl/N-ethyl adjacent to an activating group) is 1. The molecule has 0 amide bonds. The molecule has 3 fully saturated rings. The average molecular weight is 293 g/mol. The molecule has 0 bridgehead atoms. The lowest BCUT2D eigenvalue weighted by atomic mass is 9.93. The summed E-state index contributed by atoms with van der Waals surface area (Å²) in [6.45, 7) is 13.1. The third kappa shape index (κ3) is 4.43. The van der Waals surface area contributed by atoms with E-state index in [4.69, 9.17) is 0 Å². The van der Waals surface area contributed by atoms with E-state index in [1.54, 1.807) is 0 Å². The van der Waals surface area contributed by atoms with Crippen LogP contribution >= 0.6 is 0 Å². The van der Waals surface area contributed by atoms with Crippen molar-refractivity contribution in [2.45, 2.75) is 57.9 Å². The van der Waals surface area contributed by atoms with Crippen LogP contribution in [0.2, 0.25) is 0 Å². The summed E-state index contributed by atoms with van der Waals surface area (Å²) in [6.07, 6.45) is 10.1. The van der Waals surface area contributed by atoms with Crippen LogP contribution < -0.4 is 0 Å². The maximum absolute atomic E-state index is 2.81. The minimum Gasteiger partial charge on any atom is -0.303 e. The maximum atomic E-state index is 2.81. The third-order valence-corrected chi connectivity index (χ3v) is 6.06. The summed E-state index contributed by atoms with van der Waals surface area (Å²) in [4.78, 5) is 8.20. The molecule has 3 heteroatoms. The molecule has 122 valence electrons. The molecular formula is C18H35N3. The van der Waals surface area contributed by atoms with Crippen molar-refractivity contribution < 1.29 is 0 Å². The van der Waals surface area contributed by atoms with Crippen LogP contribution in [-0.4, -0.2) is 73.1 Å². The van der Waals surface area contributed by atoms with Gasteiger partial charge in [-0.2, -0.15) is 0 Å². The highest BCUT2D eigenvalue weighted by Crippen LogP contribution is 2.24. The molecule has 3 heterocycles. The van der Waals surface area contributed by atoms with Crippen molar-refractivity contribution >= 4 is 0 Å². The first-order valence-electron chi connectivity index (χ1n) is 9.54. The number of hydrogen-bond donors (Lipinski definition) is 0. The predicted octanol–water partition coefficient (Wildman–Crippen LogP) is 2.67. The second-order valence-electron chi connectivity index (χ2n) is 7.53. The van der Waals surface area contributed by atoms with Crippen molar-refractivity contribution in [1.82, 2.24) is 14.7 Å². The average Bonchev–Trinajstić information content (AvgIpc) is 2.56.